The second-order valence-corrected chi connectivity index (χ2v) is 4.52. The third-order valence-electron chi connectivity index (χ3n) is 3.15. The van der Waals surface area contributed by atoms with Crippen LogP contribution in [0.3, 0.4) is 0 Å². The van der Waals surface area contributed by atoms with E-state index in [1.54, 1.807) is 0 Å². The maximum atomic E-state index is 12.4. The van der Waals surface area contributed by atoms with E-state index in [9.17, 15) is 4.79 Å². The van der Waals surface area contributed by atoms with Gasteiger partial charge in [0.15, 0.2) is 0 Å². The number of rotatable bonds is 4. The maximum Gasteiger partial charge on any atom is 0.256 e. The first-order valence-electron chi connectivity index (χ1n) is 6.05. The van der Waals surface area contributed by atoms with Crippen LogP contribution in [0, 0.1) is 6.92 Å². The molecule has 4 heteroatoms. The van der Waals surface area contributed by atoms with Gasteiger partial charge < -0.3 is 10.3 Å². The van der Waals surface area contributed by atoms with E-state index in [4.69, 9.17) is 5.84 Å². The number of hydrogen-bond acceptors (Lipinski definition) is 3. The summed E-state index contributed by atoms with van der Waals surface area (Å²) in [7, 11) is 0. The molecule has 0 saturated heterocycles. The summed E-state index contributed by atoms with van der Waals surface area (Å²) in [4.78, 5) is 14.3. The zero-order chi connectivity index (χ0) is 12.4. The lowest BCUT2D eigenvalue weighted by molar-refractivity contribution is 0.0753. The number of hydrazine groups is 1. The lowest BCUT2D eigenvalue weighted by atomic mass is 10.1. The molecular formula is C13H19N3O. The highest BCUT2D eigenvalue weighted by Crippen LogP contribution is 2.29. The fourth-order valence-electron chi connectivity index (χ4n) is 2.07. The highest BCUT2D eigenvalue weighted by molar-refractivity contribution is 6.00. The molecule has 1 aliphatic carbocycles. The Morgan fingerprint density at radius 1 is 1.53 bits per heavy atom. The maximum absolute atomic E-state index is 12.4. The zero-order valence-corrected chi connectivity index (χ0v) is 10.4. The number of nitrogens with two attached hydrogens (primary N) is 1. The number of aryl methyl sites for hydroxylation is 1. The highest BCUT2D eigenvalue weighted by Gasteiger charge is 2.32. The van der Waals surface area contributed by atoms with Crippen molar-refractivity contribution in [2.45, 2.75) is 32.7 Å². The molecule has 0 atom stereocenters. The molecule has 4 nitrogen and oxygen atoms in total. The van der Waals surface area contributed by atoms with Crippen LogP contribution in [0.1, 0.15) is 35.7 Å². The van der Waals surface area contributed by atoms with Gasteiger partial charge >= 0.3 is 0 Å². The monoisotopic (exact) mass is 233 g/mol. The van der Waals surface area contributed by atoms with Gasteiger partial charge in [-0.15, -0.1) is 0 Å². The van der Waals surface area contributed by atoms with Crippen molar-refractivity contribution in [2.75, 3.05) is 12.0 Å². The Balaban J connectivity index is 2.31. The van der Waals surface area contributed by atoms with Gasteiger partial charge in [0, 0.05) is 12.6 Å². The number of nitrogen functional groups attached to an aromatic ring is 1. The van der Waals surface area contributed by atoms with Crippen molar-refractivity contribution in [1.82, 2.24) is 4.90 Å². The van der Waals surface area contributed by atoms with Gasteiger partial charge in [-0.3, -0.25) is 10.6 Å². The minimum absolute atomic E-state index is 0.0756. The van der Waals surface area contributed by atoms with Crippen LogP contribution in [0.2, 0.25) is 0 Å². The second kappa shape index (κ2) is 4.75. The van der Waals surface area contributed by atoms with Gasteiger partial charge in [-0.1, -0.05) is 11.6 Å². The van der Waals surface area contributed by atoms with E-state index in [1.807, 2.05) is 36.9 Å². The number of hydrogen-bond donors (Lipinski definition) is 2. The molecule has 3 N–H and O–H groups in total. The Hall–Kier alpha value is -1.55. The molecule has 2 rings (SSSR count). The Bertz CT molecular complexity index is 427. The molecule has 1 aromatic rings. The largest absolute Gasteiger partial charge is 0.336 e. The lowest BCUT2D eigenvalue weighted by Gasteiger charge is -2.22. The van der Waals surface area contributed by atoms with Crippen LogP contribution in [0.25, 0.3) is 0 Å². The third-order valence-corrected chi connectivity index (χ3v) is 3.15. The molecule has 17 heavy (non-hydrogen) atoms. The van der Waals surface area contributed by atoms with E-state index in [1.165, 1.54) is 0 Å². The van der Waals surface area contributed by atoms with E-state index in [2.05, 4.69) is 5.43 Å². The minimum atomic E-state index is 0.0756. The van der Waals surface area contributed by atoms with Gasteiger partial charge in [0.1, 0.15) is 0 Å². The number of nitrogens with zero attached hydrogens (tertiary/aromatic N) is 1. The smallest absolute Gasteiger partial charge is 0.256 e. The highest BCUT2D eigenvalue weighted by atomic mass is 16.2. The normalized spacial score (nSPS) is 14.5. The van der Waals surface area contributed by atoms with Gasteiger partial charge in [0.2, 0.25) is 0 Å². The predicted molar refractivity (Wildman–Crippen MR) is 68.7 cm³/mol. The summed E-state index contributed by atoms with van der Waals surface area (Å²) < 4.78 is 0. The molecule has 1 aliphatic rings. The topological polar surface area (TPSA) is 58.4 Å². The quantitative estimate of drug-likeness (QED) is 0.617. The SMILES string of the molecule is CCN(C(=O)c1cc(C)ccc1NN)C1CC1. The Kier molecular flexibility index (Phi) is 3.33. The average Bonchev–Trinajstić information content (AvgIpc) is 3.14. The van der Waals surface area contributed by atoms with Crippen molar-refractivity contribution in [3.05, 3.63) is 29.3 Å². The van der Waals surface area contributed by atoms with Gasteiger partial charge in [-0.25, -0.2) is 0 Å². The fraction of sp³-hybridized carbons (Fsp3) is 0.462. The summed E-state index contributed by atoms with van der Waals surface area (Å²) in [5.74, 6) is 5.53. The number of carbonyl (C=O) groups is 1. The first-order valence-corrected chi connectivity index (χ1v) is 6.05. The van der Waals surface area contributed by atoms with Crippen molar-refractivity contribution >= 4 is 11.6 Å². The van der Waals surface area contributed by atoms with Crippen molar-refractivity contribution in [3.8, 4) is 0 Å². The minimum Gasteiger partial charge on any atom is -0.336 e. The first-order chi connectivity index (χ1) is 8.17. The average molecular weight is 233 g/mol. The van der Waals surface area contributed by atoms with Crippen molar-refractivity contribution in [1.29, 1.82) is 0 Å². The first kappa shape index (κ1) is 11.9. The summed E-state index contributed by atoms with van der Waals surface area (Å²) in [5, 5.41) is 0. The molecular weight excluding hydrogens is 214 g/mol. The van der Waals surface area contributed by atoms with Crippen LogP contribution in [-0.2, 0) is 0 Å². The summed E-state index contributed by atoms with van der Waals surface area (Å²) in [5.41, 5.74) is 5.03. The van der Waals surface area contributed by atoms with E-state index < -0.39 is 0 Å². The van der Waals surface area contributed by atoms with Crippen LogP contribution in [0.5, 0.6) is 0 Å². The van der Waals surface area contributed by atoms with Gasteiger partial charge in [0.25, 0.3) is 5.91 Å². The molecule has 1 aromatic carbocycles. The molecule has 92 valence electrons. The summed E-state index contributed by atoms with van der Waals surface area (Å²) in [6, 6.07) is 6.12. The number of anilines is 1. The van der Waals surface area contributed by atoms with Gasteiger partial charge in [-0.05, 0) is 38.8 Å². The van der Waals surface area contributed by atoms with Crippen molar-refractivity contribution in [3.63, 3.8) is 0 Å². The summed E-state index contributed by atoms with van der Waals surface area (Å²) >= 11 is 0. The fourth-order valence-corrected chi connectivity index (χ4v) is 2.07. The van der Waals surface area contributed by atoms with Crippen LogP contribution in [0.4, 0.5) is 5.69 Å². The molecule has 0 radical (unpaired) electrons. The Morgan fingerprint density at radius 3 is 2.76 bits per heavy atom. The molecule has 0 spiro atoms. The van der Waals surface area contributed by atoms with Crippen molar-refractivity contribution < 1.29 is 4.79 Å². The van der Waals surface area contributed by atoms with E-state index in [0.717, 1.165) is 24.9 Å². The third kappa shape index (κ3) is 2.42. The molecule has 0 aliphatic heterocycles. The zero-order valence-electron chi connectivity index (χ0n) is 10.4. The molecule has 0 bridgehead atoms. The molecule has 0 heterocycles. The number of benzene rings is 1. The van der Waals surface area contributed by atoms with E-state index >= 15 is 0 Å². The molecule has 0 unspecified atom stereocenters. The van der Waals surface area contributed by atoms with E-state index in [-0.39, 0.29) is 5.91 Å². The Labute approximate surface area is 102 Å². The van der Waals surface area contributed by atoms with Crippen LogP contribution in [-0.4, -0.2) is 23.4 Å². The molecule has 0 aromatic heterocycles. The lowest BCUT2D eigenvalue weighted by Crippen LogP contribution is -2.33. The van der Waals surface area contributed by atoms with Crippen molar-refractivity contribution in [2.24, 2.45) is 5.84 Å². The number of amides is 1. The second-order valence-electron chi connectivity index (χ2n) is 4.52. The summed E-state index contributed by atoms with van der Waals surface area (Å²) in [6.07, 6.45) is 2.24. The van der Waals surface area contributed by atoms with Gasteiger partial charge in [-0.2, -0.15) is 0 Å². The molecule has 1 amide bonds. The Morgan fingerprint density at radius 2 is 2.24 bits per heavy atom. The van der Waals surface area contributed by atoms with Crippen LogP contribution < -0.4 is 11.3 Å². The summed E-state index contributed by atoms with van der Waals surface area (Å²) in [6.45, 7) is 4.74. The molecule has 1 saturated carbocycles. The standard InChI is InChI=1S/C13H19N3O/c1-3-16(10-5-6-10)13(17)11-8-9(2)4-7-12(11)15-14/h4,7-8,10,15H,3,5-6,14H2,1-2H3. The van der Waals surface area contributed by atoms with Crippen LogP contribution >= 0.6 is 0 Å². The van der Waals surface area contributed by atoms with Gasteiger partial charge in [0.05, 0.1) is 11.3 Å². The molecule has 1 fully saturated rings. The van der Waals surface area contributed by atoms with E-state index in [0.29, 0.717) is 17.3 Å². The number of nitrogens with one attached hydrogen (secondary N) is 1. The number of carbonyl (C=O) groups excluding carboxylic acids is 1. The van der Waals surface area contributed by atoms with Crippen LogP contribution in [0.15, 0.2) is 18.2 Å². The predicted octanol–water partition coefficient (Wildman–Crippen LogP) is 1.91.